The van der Waals surface area contributed by atoms with Crippen molar-refractivity contribution in [3.63, 3.8) is 0 Å². The number of nitrogens with one attached hydrogen (secondary N) is 2. The molecule has 1 atom stereocenters. The average molecular weight is 406 g/mol. The lowest BCUT2D eigenvalue weighted by Crippen LogP contribution is -2.53. The molecule has 1 saturated heterocycles. The van der Waals surface area contributed by atoms with Gasteiger partial charge in [0.15, 0.2) is 5.96 Å². The Hall–Kier alpha value is -1.86. The maximum atomic E-state index is 11.7. The van der Waals surface area contributed by atoms with E-state index in [1.54, 1.807) is 16.7 Å². The van der Waals surface area contributed by atoms with Crippen molar-refractivity contribution in [2.75, 3.05) is 46.4 Å². The minimum absolute atomic E-state index is 0.0634. The van der Waals surface area contributed by atoms with Crippen molar-refractivity contribution < 1.29 is 4.74 Å². The Kier molecular flexibility index (Phi) is 10.8. The van der Waals surface area contributed by atoms with Crippen LogP contribution in [-0.4, -0.2) is 67.9 Å². The number of hydrogen-bond acceptors (Lipinski definition) is 4. The average Bonchev–Trinajstić information content (AvgIpc) is 2.76. The van der Waals surface area contributed by atoms with Gasteiger partial charge in [-0.05, 0) is 24.8 Å². The predicted molar refractivity (Wildman–Crippen MR) is 120 cm³/mol. The summed E-state index contributed by atoms with van der Waals surface area (Å²) in [5.74, 6) is 1.52. The highest BCUT2D eigenvalue weighted by atomic mass is 16.5. The first-order valence-corrected chi connectivity index (χ1v) is 11.1. The van der Waals surface area contributed by atoms with E-state index in [-0.39, 0.29) is 5.56 Å². The topological polar surface area (TPSA) is 70.9 Å². The third-order valence-electron chi connectivity index (χ3n) is 5.83. The Morgan fingerprint density at radius 3 is 2.59 bits per heavy atom. The summed E-state index contributed by atoms with van der Waals surface area (Å²) in [4.78, 5) is 18.7. The van der Waals surface area contributed by atoms with Crippen LogP contribution in [0.25, 0.3) is 0 Å². The molecule has 0 saturated carbocycles. The molecule has 0 aliphatic carbocycles. The largest absolute Gasteiger partial charge is 0.379 e. The summed E-state index contributed by atoms with van der Waals surface area (Å²) in [6.07, 6.45) is 6.16. The lowest BCUT2D eigenvalue weighted by Gasteiger charge is -2.39. The second kappa shape index (κ2) is 13.4. The normalized spacial score (nSPS) is 16.8. The molecule has 7 nitrogen and oxygen atoms in total. The fraction of sp³-hybridized carbons (Fsp3) is 0.727. The van der Waals surface area contributed by atoms with Crippen LogP contribution in [0.3, 0.4) is 0 Å². The molecular formula is C22H39N5O2. The van der Waals surface area contributed by atoms with Crippen molar-refractivity contribution in [3.05, 3.63) is 34.7 Å². The molecule has 1 fully saturated rings. The highest BCUT2D eigenvalue weighted by molar-refractivity contribution is 5.79. The molecule has 29 heavy (non-hydrogen) atoms. The number of aryl methyl sites for hydroxylation is 1. The van der Waals surface area contributed by atoms with Gasteiger partial charge in [-0.15, -0.1) is 0 Å². The van der Waals surface area contributed by atoms with E-state index >= 15 is 0 Å². The first-order chi connectivity index (χ1) is 14.2. The van der Waals surface area contributed by atoms with Gasteiger partial charge in [-0.2, -0.15) is 0 Å². The van der Waals surface area contributed by atoms with E-state index in [9.17, 15) is 4.79 Å². The van der Waals surface area contributed by atoms with E-state index in [0.29, 0.717) is 12.0 Å². The highest BCUT2D eigenvalue weighted by Gasteiger charge is 2.26. The number of unbranched alkanes of at least 4 members (excludes halogenated alkanes) is 1. The molecule has 0 bridgehead atoms. The van der Waals surface area contributed by atoms with Crippen molar-refractivity contribution in [2.45, 2.75) is 52.1 Å². The minimum atomic E-state index is 0.0634. The van der Waals surface area contributed by atoms with Crippen molar-refractivity contribution in [3.8, 4) is 0 Å². The molecule has 164 valence electrons. The van der Waals surface area contributed by atoms with E-state index in [1.165, 1.54) is 12.8 Å². The molecule has 7 heteroatoms. The van der Waals surface area contributed by atoms with Crippen LogP contribution in [-0.2, 0) is 11.3 Å². The van der Waals surface area contributed by atoms with Gasteiger partial charge in [0.25, 0.3) is 0 Å². The Morgan fingerprint density at radius 2 is 1.93 bits per heavy atom. The molecule has 1 aromatic rings. The summed E-state index contributed by atoms with van der Waals surface area (Å²) in [5, 5.41) is 6.95. The molecule has 1 aromatic heterocycles. The monoisotopic (exact) mass is 405 g/mol. The number of aliphatic imine (C=N–C) groups is 1. The lowest BCUT2D eigenvalue weighted by atomic mass is 9.92. The van der Waals surface area contributed by atoms with Gasteiger partial charge >= 0.3 is 0 Å². The predicted octanol–water partition coefficient (Wildman–Crippen LogP) is 1.93. The zero-order valence-electron chi connectivity index (χ0n) is 18.4. The smallest absolute Gasteiger partial charge is 0.250 e. The standard InChI is InChI=1S/C22H39N5O2/c1-4-19(5-2)20(26-14-16-29-17-15-26)18-25-22(23-3)24-11-7-9-13-27-12-8-6-10-21(27)28/h6,8,10,12,19-20H,4-5,7,9,11,13-18H2,1-3H3,(H2,23,24,25). The number of guanidine groups is 1. The van der Waals surface area contributed by atoms with E-state index in [2.05, 4.69) is 34.4 Å². The van der Waals surface area contributed by atoms with Crippen molar-refractivity contribution in [1.29, 1.82) is 0 Å². The molecule has 2 heterocycles. The van der Waals surface area contributed by atoms with E-state index in [0.717, 1.165) is 64.7 Å². The van der Waals surface area contributed by atoms with Gasteiger partial charge in [0.2, 0.25) is 5.56 Å². The summed E-state index contributed by atoms with van der Waals surface area (Å²) < 4.78 is 7.30. The van der Waals surface area contributed by atoms with Gasteiger partial charge < -0.3 is 19.9 Å². The highest BCUT2D eigenvalue weighted by Crippen LogP contribution is 2.19. The van der Waals surface area contributed by atoms with E-state index in [4.69, 9.17) is 4.74 Å². The SMILES string of the molecule is CCC(CC)C(CNC(=NC)NCCCCn1ccccc1=O)N1CCOCC1. The molecule has 0 radical (unpaired) electrons. The van der Waals surface area contributed by atoms with E-state index in [1.807, 2.05) is 19.3 Å². The maximum absolute atomic E-state index is 11.7. The zero-order chi connectivity index (χ0) is 20.9. The van der Waals surface area contributed by atoms with Crippen LogP contribution in [0.5, 0.6) is 0 Å². The van der Waals surface area contributed by atoms with Crippen LogP contribution in [0.4, 0.5) is 0 Å². The van der Waals surface area contributed by atoms with Crippen LogP contribution in [0, 0.1) is 5.92 Å². The Balaban J connectivity index is 1.75. The Morgan fingerprint density at radius 1 is 1.17 bits per heavy atom. The van der Waals surface area contributed by atoms with Crippen molar-refractivity contribution in [2.24, 2.45) is 10.9 Å². The molecular weight excluding hydrogens is 366 g/mol. The van der Waals surface area contributed by atoms with Crippen LogP contribution < -0.4 is 16.2 Å². The fourth-order valence-corrected chi connectivity index (χ4v) is 4.02. The van der Waals surface area contributed by atoms with Crippen LogP contribution in [0.2, 0.25) is 0 Å². The summed E-state index contributed by atoms with van der Waals surface area (Å²) in [6, 6.07) is 5.78. The molecule has 0 amide bonds. The van der Waals surface area contributed by atoms with Gasteiger partial charge in [-0.25, -0.2) is 0 Å². The molecule has 0 spiro atoms. The lowest BCUT2D eigenvalue weighted by molar-refractivity contribution is 0.00272. The number of morpholine rings is 1. The van der Waals surface area contributed by atoms with Gasteiger partial charge in [0, 0.05) is 58.1 Å². The first-order valence-electron chi connectivity index (χ1n) is 11.1. The number of aromatic nitrogens is 1. The summed E-state index contributed by atoms with van der Waals surface area (Å²) in [6.45, 7) is 10.7. The van der Waals surface area contributed by atoms with Crippen LogP contribution in [0.15, 0.2) is 34.2 Å². The molecule has 0 aromatic carbocycles. The van der Waals surface area contributed by atoms with Gasteiger partial charge in [0.05, 0.1) is 13.2 Å². The quantitative estimate of drug-likeness (QED) is 0.334. The summed E-state index contributed by atoms with van der Waals surface area (Å²) >= 11 is 0. The van der Waals surface area contributed by atoms with Gasteiger partial charge in [-0.3, -0.25) is 14.7 Å². The second-order valence-electron chi connectivity index (χ2n) is 7.61. The van der Waals surface area contributed by atoms with Crippen molar-refractivity contribution >= 4 is 5.96 Å². The minimum Gasteiger partial charge on any atom is -0.379 e. The zero-order valence-corrected chi connectivity index (χ0v) is 18.4. The third-order valence-corrected chi connectivity index (χ3v) is 5.83. The Labute approximate surface area is 175 Å². The molecule has 1 aliphatic rings. The number of nitrogens with zero attached hydrogens (tertiary/aromatic N) is 3. The molecule has 2 rings (SSSR count). The van der Waals surface area contributed by atoms with Gasteiger partial charge in [-0.1, -0.05) is 32.8 Å². The summed E-state index contributed by atoms with van der Waals surface area (Å²) in [5.41, 5.74) is 0.0634. The number of hydrogen-bond donors (Lipinski definition) is 2. The summed E-state index contributed by atoms with van der Waals surface area (Å²) in [7, 11) is 1.82. The Bertz CT molecular complexity index is 651. The maximum Gasteiger partial charge on any atom is 0.250 e. The fourth-order valence-electron chi connectivity index (χ4n) is 4.02. The number of pyridine rings is 1. The first kappa shape index (κ1) is 23.4. The van der Waals surface area contributed by atoms with Crippen LogP contribution >= 0.6 is 0 Å². The van der Waals surface area contributed by atoms with Crippen LogP contribution in [0.1, 0.15) is 39.5 Å². The van der Waals surface area contributed by atoms with E-state index < -0.39 is 0 Å². The second-order valence-corrected chi connectivity index (χ2v) is 7.61. The van der Waals surface area contributed by atoms with Crippen molar-refractivity contribution in [1.82, 2.24) is 20.1 Å². The number of ether oxygens (including phenoxy) is 1. The van der Waals surface area contributed by atoms with Gasteiger partial charge in [0.1, 0.15) is 0 Å². The molecule has 1 aliphatic heterocycles. The third kappa shape index (κ3) is 7.82. The molecule has 1 unspecified atom stereocenters. The number of rotatable bonds is 11. The molecule has 2 N–H and O–H groups in total.